The Labute approximate surface area is 132 Å². The normalized spacial score (nSPS) is 10.5. The van der Waals surface area contributed by atoms with E-state index in [4.69, 9.17) is 22.1 Å². The molecule has 2 rings (SSSR count). The minimum absolute atomic E-state index is 0.0791. The molecule has 0 aliphatic rings. The Morgan fingerprint density at radius 2 is 1.95 bits per heavy atom. The van der Waals surface area contributed by atoms with E-state index in [0.717, 1.165) is 4.47 Å². The first kappa shape index (κ1) is 14.6. The van der Waals surface area contributed by atoms with Crippen molar-refractivity contribution >= 4 is 49.1 Å². The van der Waals surface area contributed by atoms with Gasteiger partial charge in [0.25, 0.3) is 0 Å². The van der Waals surface area contributed by atoms with Gasteiger partial charge in [-0.25, -0.2) is 4.39 Å². The number of hydrogen-bond donors (Lipinski definition) is 1. The lowest BCUT2D eigenvalue weighted by Crippen LogP contribution is -2.01. The number of ether oxygens (including phenoxy) is 1. The number of anilines is 1. The van der Waals surface area contributed by atoms with Crippen molar-refractivity contribution in [3.63, 3.8) is 0 Å². The molecule has 0 aliphatic heterocycles. The summed E-state index contributed by atoms with van der Waals surface area (Å²) in [6, 6.07) is 7.92. The third kappa shape index (κ3) is 3.61. The fourth-order valence-corrected chi connectivity index (χ4v) is 2.89. The molecule has 0 heterocycles. The first-order valence-corrected chi connectivity index (χ1v) is 7.25. The van der Waals surface area contributed by atoms with Gasteiger partial charge >= 0.3 is 0 Å². The number of benzene rings is 2. The Balaban J connectivity index is 2.21. The van der Waals surface area contributed by atoms with Gasteiger partial charge < -0.3 is 10.5 Å². The van der Waals surface area contributed by atoms with Crippen LogP contribution in [0.1, 0.15) is 5.56 Å². The zero-order chi connectivity index (χ0) is 14.0. The quantitative estimate of drug-likeness (QED) is 0.711. The number of halogens is 4. The van der Waals surface area contributed by atoms with E-state index in [9.17, 15) is 4.39 Å². The molecule has 0 bridgehead atoms. The van der Waals surface area contributed by atoms with Crippen molar-refractivity contribution in [2.45, 2.75) is 6.61 Å². The minimum Gasteiger partial charge on any atom is -0.485 e. The average molecular weight is 409 g/mol. The van der Waals surface area contributed by atoms with Gasteiger partial charge in [-0.3, -0.25) is 0 Å². The monoisotopic (exact) mass is 407 g/mol. The Morgan fingerprint density at radius 3 is 2.63 bits per heavy atom. The topological polar surface area (TPSA) is 35.2 Å². The molecule has 0 spiro atoms. The van der Waals surface area contributed by atoms with Crippen molar-refractivity contribution in [3.8, 4) is 5.75 Å². The van der Waals surface area contributed by atoms with Crippen LogP contribution in [0.15, 0.2) is 39.3 Å². The van der Waals surface area contributed by atoms with Gasteiger partial charge in [-0.15, -0.1) is 0 Å². The van der Waals surface area contributed by atoms with Gasteiger partial charge in [0, 0.05) is 15.1 Å². The molecule has 2 aromatic carbocycles. The molecule has 2 N–H and O–H groups in total. The summed E-state index contributed by atoms with van der Waals surface area (Å²) in [4.78, 5) is 0. The second-order valence-corrected chi connectivity index (χ2v) is 6.04. The molecule has 0 fully saturated rings. The first-order chi connectivity index (χ1) is 8.97. The van der Waals surface area contributed by atoms with Crippen LogP contribution in [0.25, 0.3) is 0 Å². The van der Waals surface area contributed by atoms with Gasteiger partial charge in [0.2, 0.25) is 0 Å². The Bertz CT molecular complexity index is 599. The summed E-state index contributed by atoms with van der Waals surface area (Å²) in [6.45, 7) is 0.0791. The average Bonchev–Trinajstić information content (AvgIpc) is 2.32. The van der Waals surface area contributed by atoms with E-state index in [0.29, 0.717) is 26.5 Å². The maximum atomic E-state index is 13.6. The van der Waals surface area contributed by atoms with Crippen LogP contribution in [0.5, 0.6) is 5.75 Å². The standard InChI is InChI=1S/C13H9Br2ClFNO/c14-8-1-2-11(17)7(3-8)6-19-13-10(15)4-9(16)5-12(13)18/h1-5H,6,18H2. The van der Waals surface area contributed by atoms with Crippen LogP contribution >= 0.6 is 43.5 Å². The zero-order valence-corrected chi connectivity index (χ0v) is 13.5. The van der Waals surface area contributed by atoms with Gasteiger partial charge in [0.15, 0.2) is 5.75 Å². The lowest BCUT2D eigenvalue weighted by molar-refractivity contribution is 0.299. The van der Waals surface area contributed by atoms with E-state index in [1.54, 1.807) is 24.3 Å². The number of nitrogens with two attached hydrogens (primary N) is 1. The molecule has 0 atom stereocenters. The van der Waals surface area contributed by atoms with Gasteiger partial charge in [-0.05, 0) is 46.3 Å². The van der Waals surface area contributed by atoms with Crippen molar-refractivity contribution in [1.29, 1.82) is 0 Å². The van der Waals surface area contributed by atoms with Gasteiger partial charge in [-0.2, -0.15) is 0 Å². The molecule has 19 heavy (non-hydrogen) atoms. The maximum absolute atomic E-state index is 13.6. The Hall–Kier alpha value is -0.780. The summed E-state index contributed by atoms with van der Waals surface area (Å²) in [5.41, 5.74) is 6.65. The summed E-state index contributed by atoms with van der Waals surface area (Å²) in [5, 5.41) is 0.505. The SMILES string of the molecule is Nc1cc(Cl)cc(Br)c1OCc1cc(Br)ccc1F. The largest absolute Gasteiger partial charge is 0.485 e. The van der Waals surface area contributed by atoms with Crippen molar-refractivity contribution in [2.75, 3.05) is 5.73 Å². The number of hydrogen-bond acceptors (Lipinski definition) is 2. The molecule has 0 saturated carbocycles. The summed E-state index contributed by atoms with van der Waals surface area (Å²) in [6.07, 6.45) is 0. The van der Waals surface area contributed by atoms with E-state index in [1.807, 2.05) is 0 Å². The molecule has 0 amide bonds. The lowest BCUT2D eigenvalue weighted by Gasteiger charge is -2.12. The van der Waals surface area contributed by atoms with Crippen LogP contribution < -0.4 is 10.5 Å². The minimum atomic E-state index is -0.327. The molecule has 0 aliphatic carbocycles. The highest BCUT2D eigenvalue weighted by atomic mass is 79.9. The van der Waals surface area contributed by atoms with Crippen LogP contribution in [0, 0.1) is 5.82 Å². The van der Waals surface area contributed by atoms with Gasteiger partial charge in [-0.1, -0.05) is 27.5 Å². The molecular weight excluding hydrogens is 400 g/mol. The summed E-state index contributed by atoms with van der Waals surface area (Å²) >= 11 is 12.5. The van der Waals surface area contributed by atoms with Crippen molar-refractivity contribution in [1.82, 2.24) is 0 Å². The third-order valence-electron chi connectivity index (χ3n) is 2.42. The zero-order valence-electron chi connectivity index (χ0n) is 9.59. The Kier molecular flexibility index (Phi) is 4.71. The molecular formula is C13H9Br2ClFNO. The van der Waals surface area contributed by atoms with Crippen LogP contribution in [0.2, 0.25) is 5.02 Å². The van der Waals surface area contributed by atoms with Crippen molar-refractivity contribution < 1.29 is 9.13 Å². The first-order valence-electron chi connectivity index (χ1n) is 5.28. The van der Waals surface area contributed by atoms with Crippen LogP contribution in [0.3, 0.4) is 0 Å². The Morgan fingerprint density at radius 1 is 1.21 bits per heavy atom. The van der Waals surface area contributed by atoms with Gasteiger partial charge in [0.1, 0.15) is 12.4 Å². The molecule has 2 aromatic rings. The van der Waals surface area contributed by atoms with Gasteiger partial charge in [0.05, 0.1) is 10.2 Å². The fourth-order valence-electron chi connectivity index (χ4n) is 1.54. The van der Waals surface area contributed by atoms with Crippen molar-refractivity contribution in [3.05, 3.63) is 55.7 Å². The molecule has 100 valence electrons. The highest BCUT2D eigenvalue weighted by molar-refractivity contribution is 9.10. The molecule has 6 heteroatoms. The smallest absolute Gasteiger partial charge is 0.156 e. The fraction of sp³-hybridized carbons (Fsp3) is 0.0769. The lowest BCUT2D eigenvalue weighted by atomic mass is 10.2. The van der Waals surface area contributed by atoms with E-state index >= 15 is 0 Å². The molecule has 0 saturated heterocycles. The second kappa shape index (κ2) is 6.11. The third-order valence-corrected chi connectivity index (χ3v) is 3.72. The highest BCUT2D eigenvalue weighted by Crippen LogP contribution is 2.35. The van der Waals surface area contributed by atoms with Crippen LogP contribution in [-0.4, -0.2) is 0 Å². The van der Waals surface area contributed by atoms with E-state index in [2.05, 4.69) is 31.9 Å². The van der Waals surface area contributed by atoms with E-state index in [-0.39, 0.29) is 12.4 Å². The number of rotatable bonds is 3. The second-order valence-electron chi connectivity index (χ2n) is 3.83. The summed E-state index contributed by atoms with van der Waals surface area (Å²) in [5.74, 6) is 0.121. The predicted molar refractivity (Wildman–Crippen MR) is 82.0 cm³/mol. The van der Waals surface area contributed by atoms with Crippen molar-refractivity contribution in [2.24, 2.45) is 0 Å². The van der Waals surface area contributed by atoms with Crippen LogP contribution in [0.4, 0.5) is 10.1 Å². The van der Waals surface area contributed by atoms with E-state index < -0.39 is 0 Å². The molecule has 2 nitrogen and oxygen atoms in total. The summed E-state index contributed by atoms with van der Waals surface area (Å²) in [7, 11) is 0. The summed E-state index contributed by atoms with van der Waals surface area (Å²) < 4.78 is 20.5. The van der Waals surface area contributed by atoms with E-state index in [1.165, 1.54) is 6.07 Å². The van der Waals surface area contributed by atoms with Crippen LogP contribution in [-0.2, 0) is 6.61 Å². The predicted octanol–water partition coefficient (Wildman–Crippen LogP) is 5.17. The maximum Gasteiger partial charge on any atom is 0.156 e. The number of nitrogen functional groups attached to an aromatic ring is 1. The molecule has 0 unspecified atom stereocenters. The molecule has 0 radical (unpaired) electrons. The molecule has 0 aromatic heterocycles. The highest BCUT2D eigenvalue weighted by Gasteiger charge is 2.10.